The lowest BCUT2D eigenvalue weighted by Gasteiger charge is -2.47. The van der Waals surface area contributed by atoms with Gasteiger partial charge in [-0.2, -0.15) is 0 Å². The molecule has 2 atom stereocenters. The number of nitrogens with zero attached hydrogens (tertiary/aromatic N) is 1. The Kier molecular flexibility index (Phi) is 5.85. The molecule has 0 bridgehead atoms. The van der Waals surface area contributed by atoms with Gasteiger partial charge in [-0.05, 0) is 55.7 Å². The van der Waals surface area contributed by atoms with Gasteiger partial charge in [0, 0.05) is 37.2 Å². The maximum absolute atomic E-state index is 11.9. The molecular formula is C23H35N3O3. The Hall–Kier alpha value is -1.66. The second-order valence-electron chi connectivity index (χ2n) is 10.1. The van der Waals surface area contributed by atoms with Crippen molar-refractivity contribution in [2.45, 2.75) is 83.5 Å². The van der Waals surface area contributed by atoms with Crippen molar-refractivity contribution in [3.05, 3.63) is 23.4 Å². The molecule has 1 saturated carbocycles. The van der Waals surface area contributed by atoms with Crippen LogP contribution < -0.4 is 15.4 Å². The first-order valence-corrected chi connectivity index (χ1v) is 11.1. The summed E-state index contributed by atoms with van der Waals surface area (Å²) in [4.78, 5) is 16.6. The van der Waals surface area contributed by atoms with Crippen molar-refractivity contribution < 1.29 is 14.3 Å². The van der Waals surface area contributed by atoms with Crippen molar-refractivity contribution in [2.75, 3.05) is 19.7 Å². The molecule has 1 aromatic heterocycles. The van der Waals surface area contributed by atoms with Crippen LogP contribution in [0.25, 0.3) is 0 Å². The molecule has 4 rings (SSSR count). The molecule has 6 heteroatoms. The maximum Gasteiger partial charge on any atom is 0.249 e. The largest absolute Gasteiger partial charge is 0.471 e. The number of pyridine rings is 1. The Bertz CT molecular complexity index is 735. The molecule has 160 valence electrons. The first kappa shape index (κ1) is 20.6. The molecule has 1 amide bonds. The minimum absolute atomic E-state index is 0.0251. The molecular weight excluding hydrogens is 366 g/mol. The summed E-state index contributed by atoms with van der Waals surface area (Å²) in [5.74, 6) is 0.832. The summed E-state index contributed by atoms with van der Waals surface area (Å²) in [7, 11) is 0. The summed E-state index contributed by atoms with van der Waals surface area (Å²) in [5, 5.41) is 6.69. The molecule has 3 heterocycles. The van der Waals surface area contributed by atoms with Gasteiger partial charge in [0.2, 0.25) is 11.8 Å². The van der Waals surface area contributed by atoms with Gasteiger partial charge in [0.1, 0.15) is 11.7 Å². The zero-order valence-electron chi connectivity index (χ0n) is 18.1. The minimum Gasteiger partial charge on any atom is -0.471 e. The van der Waals surface area contributed by atoms with Crippen molar-refractivity contribution >= 4 is 5.91 Å². The summed E-state index contributed by atoms with van der Waals surface area (Å²) in [5.41, 5.74) is 2.66. The van der Waals surface area contributed by atoms with E-state index < -0.39 is 0 Å². The SMILES string of the molecule is CC(C)(C)Cc1cnc2c(c1)C(NCCCNC(=O)C1CCO1)CC1(CCC1)O2. The van der Waals surface area contributed by atoms with E-state index in [1.165, 1.54) is 17.5 Å². The van der Waals surface area contributed by atoms with Crippen LogP contribution in [0.5, 0.6) is 5.88 Å². The van der Waals surface area contributed by atoms with Crippen molar-refractivity contribution in [1.29, 1.82) is 0 Å². The summed E-state index contributed by atoms with van der Waals surface area (Å²) < 4.78 is 11.6. The number of rotatable bonds is 7. The molecule has 1 saturated heterocycles. The van der Waals surface area contributed by atoms with Crippen LogP contribution in [0.1, 0.15) is 76.5 Å². The van der Waals surface area contributed by atoms with Crippen LogP contribution in [0.2, 0.25) is 0 Å². The summed E-state index contributed by atoms with van der Waals surface area (Å²) in [6, 6.07) is 2.55. The molecule has 29 heavy (non-hydrogen) atoms. The lowest BCUT2D eigenvalue weighted by atomic mass is 9.73. The highest BCUT2D eigenvalue weighted by Gasteiger charge is 2.46. The number of carbonyl (C=O) groups is 1. The van der Waals surface area contributed by atoms with Crippen molar-refractivity contribution in [1.82, 2.24) is 15.6 Å². The number of hydrogen-bond donors (Lipinski definition) is 2. The van der Waals surface area contributed by atoms with Crippen molar-refractivity contribution in [2.24, 2.45) is 5.41 Å². The first-order chi connectivity index (χ1) is 13.8. The van der Waals surface area contributed by atoms with Crippen molar-refractivity contribution in [3.63, 3.8) is 0 Å². The lowest BCUT2D eigenvalue weighted by Crippen LogP contribution is -2.49. The van der Waals surface area contributed by atoms with Crippen molar-refractivity contribution in [3.8, 4) is 5.88 Å². The number of nitrogens with one attached hydrogen (secondary N) is 2. The fraction of sp³-hybridized carbons (Fsp3) is 0.739. The zero-order valence-corrected chi connectivity index (χ0v) is 18.1. The van der Waals surface area contributed by atoms with Crippen LogP contribution in [0.15, 0.2) is 12.3 Å². The van der Waals surface area contributed by atoms with Gasteiger partial charge in [0.25, 0.3) is 0 Å². The molecule has 2 aliphatic heterocycles. The van der Waals surface area contributed by atoms with Gasteiger partial charge < -0.3 is 20.1 Å². The summed E-state index contributed by atoms with van der Waals surface area (Å²) in [6.07, 6.45) is 8.97. The maximum atomic E-state index is 11.9. The Labute approximate surface area is 174 Å². The fourth-order valence-electron chi connectivity index (χ4n) is 4.48. The molecule has 6 nitrogen and oxygen atoms in total. The highest BCUT2D eigenvalue weighted by atomic mass is 16.5. The van der Waals surface area contributed by atoms with Crippen LogP contribution in [0, 0.1) is 5.41 Å². The highest BCUT2D eigenvalue weighted by molar-refractivity contribution is 5.81. The molecule has 0 aromatic carbocycles. The number of amides is 1. The average Bonchev–Trinajstić information content (AvgIpc) is 2.57. The Morgan fingerprint density at radius 3 is 2.72 bits per heavy atom. The third-order valence-corrected chi connectivity index (χ3v) is 6.23. The molecule has 1 aromatic rings. The normalized spacial score (nSPS) is 24.8. The van der Waals surface area contributed by atoms with Crippen LogP contribution in [0.4, 0.5) is 0 Å². The van der Waals surface area contributed by atoms with Gasteiger partial charge in [-0.15, -0.1) is 0 Å². The second-order valence-corrected chi connectivity index (χ2v) is 10.1. The van der Waals surface area contributed by atoms with E-state index in [0.717, 1.165) is 50.9 Å². The second kappa shape index (κ2) is 8.23. The monoisotopic (exact) mass is 401 g/mol. The predicted molar refractivity (Wildman–Crippen MR) is 112 cm³/mol. The molecule has 2 unspecified atom stereocenters. The molecule has 1 spiro atoms. The van der Waals surface area contributed by atoms with E-state index in [1.807, 2.05) is 6.20 Å². The van der Waals surface area contributed by atoms with E-state index in [9.17, 15) is 4.79 Å². The van der Waals surface area contributed by atoms with Crippen LogP contribution >= 0.6 is 0 Å². The molecule has 2 fully saturated rings. The quantitative estimate of drug-likeness (QED) is 0.686. The van der Waals surface area contributed by atoms with Crippen LogP contribution in [-0.4, -0.2) is 42.3 Å². The van der Waals surface area contributed by atoms with E-state index in [1.54, 1.807) is 0 Å². The Morgan fingerprint density at radius 1 is 1.31 bits per heavy atom. The number of fused-ring (bicyclic) bond motifs is 1. The standard InChI is InChI=1S/C23H35N3O3/c1-22(2,3)13-16-12-17-18(14-23(7-4-8-23)29-21(17)26-15-16)24-9-5-10-25-20(27)19-6-11-28-19/h12,15,18-19,24H,4-11,13-14H2,1-3H3,(H,25,27). The molecule has 3 aliphatic rings. The lowest BCUT2D eigenvalue weighted by molar-refractivity contribution is -0.144. The number of hydrogen-bond acceptors (Lipinski definition) is 5. The topological polar surface area (TPSA) is 72.5 Å². The molecule has 0 radical (unpaired) electrons. The average molecular weight is 402 g/mol. The Morgan fingerprint density at radius 2 is 2.10 bits per heavy atom. The van der Waals surface area contributed by atoms with Gasteiger partial charge in [-0.1, -0.05) is 20.8 Å². The number of aromatic nitrogens is 1. The van der Waals surface area contributed by atoms with Gasteiger partial charge in [0.15, 0.2) is 0 Å². The third-order valence-electron chi connectivity index (χ3n) is 6.23. The Balaban J connectivity index is 1.36. The summed E-state index contributed by atoms with van der Waals surface area (Å²) >= 11 is 0. The minimum atomic E-state index is -0.226. The van der Waals surface area contributed by atoms with Crippen LogP contribution in [0.3, 0.4) is 0 Å². The predicted octanol–water partition coefficient (Wildman–Crippen LogP) is 3.30. The van der Waals surface area contributed by atoms with Gasteiger partial charge in [-0.25, -0.2) is 4.98 Å². The van der Waals surface area contributed by atoms with E-state index in [-0.39, 0.29) is 29.1 Å². The van der Waals surface area contributed by atoms with Crippen LogP contribution in [-0.2, 0) is 16.0 Å². The van der Waals surface area contributed by atoms with Gasteiger partial charge >= 0.3 is 0 Å². The first-order valence-electron chi connectivity index (χ1n) is 11.1. The third kappa shape index (κ3) is 4.92. The van der Waals surface area contributed by atoms with E-state index in [2.05, 4.69) is 37.5 Å². The highest BCUT2D eigenvalue weighted by Crippen LogP contribution is 2.48. The summed E-state index contributed by atoms with van der Waals surface area (Å²) in [6.45, 7) is 9.00. The van der Waals surface area contributed by atoms with E-state index >= 15 is 0 Å². The number of ether oxygens (including phenoxy) is 2. The molecule has 2 N–H and O–H groups in total. The zero-order chi connectivity index (χ0) is 20.5. The van der Waals surface area contributed by atoms with E-state index in [4.69, 9.17) is 14.5 Å². The fourth-order valence-corrected chi connectivity index (χ4v) is 4.48. The number of carbonyl (C=O) groups excluding carboxylic acids is 1. The smallest absolute Gasteiger partial charge is 0.249 e. The molecule has 1 aliphatic carbocycles. The van der Waals surface area contributed by atoms with Gasteiger partial charge in [-0.3, -0.25) is 4.79 Å². The van der Waals surface area contributed by atoms with Gasteiger partial charge in [0.05, 0.1) is 6.61 Å². The van der Waals surface area contributed by atoms with E-state index in [0.29, 0.717) is 13.2 Å².